The average molecular weight is 286 g/mol. The Kier molecular flexibility index (Phi) is 5.10. The van der Waals surface area contributed by atoms with Crippen molar-refractivity contribution >= 4 is 12.0 Å². The molecule has 2 aromatic rings. The third-order valence-corrected chi connectivity index (χ3v) is 2.59. The van der Waals surface area contributed by atoms with Crippen molar-refractivity contribution in [1.29, 1.82) is 0 Å². The van der Waals surface area contributed by atoms with E-state index in [9.17, 15) is 9.18 Å². The van der Waals surface area contributed by atoms with Gasteiger partial charge < -0.3 is 9.47 Å². The highest BCUT2D eigenvalue weighted by Crippen LogP contribution is 2.23. The van der Waals surface area contributed by atoms with E-state index >= 15 is 0 Å². The fourth-order valence-corrected chi connectivity index (χ4v) is 1.70. The molecule has 108 valence electrons. The van der Waals surface area contributed by atoms with Crippen molar-refractivity contribution in [2.24, 2.45) is 0 Å². The number of esters is 1. The maximum atomic E-state index is 13.1. The number of ether oxygens (including phenoxy) is 2. The van der Waals surface area contributed by atoms with Crippen LogP contribution in [0.3, 0.4) is 0 Å². The summed E-state index contributed by atoms with van der Waals surface area (Å²) in [5.74, 6) is 0.230. The minimum atomic E-state index is -0.394. The highest BCUT2D eigenvalue weighted by atomic mass is 19.1. The first-order valence-electron chi connectivity index (χ1n) is 6.55. The Morgan fingerprint density at radius 3 is 2.57 bits per heavy atom. The minimum absolute atomic E-state index is 0.339. The van der Waals surface area contributed by atoms with Crippen LogP contribution in [0, 0.1) is 5.82 Å². The second-order valence-corrected chi connectivity index (χ2v) is 4.22. The predicted octanol–water partition coefficient (Wildman–Crippen LogP) is 4.19. The predicted molar refractivity (Wildman–Crippen MR) is 78.6 cm³/mol. The van der Waals surface area contributed by atoms with Crippen LogP contribution in [0.15, 0.2) is 54.6 Å². The fraction of sp³-hybridized carbons (Fsp3) is 0.118. The first-order valence-corrected chi connectivity index (χ1v) is 6.55. The highest BCUT2D eigenvalue weighted by Gasteiger charge is 2.00. The van der Waals surface area contributed by atoms with Gasteiger partial charge >= 0.3 is 5.97 Å². The molecule has 0 radical (unpaired) electrons. The van der Waals surface area contributed by atoms with E-state index in [4.69, 9.17) is 9.47 Å². The van der Waals surface area contributed by atoms with E-state index in [-0.39, 0.29) is 5.82 Å². The van der Waals surface area contributed by atoms with Crippen LogP contribution in [0.1, 0.15) is 12.5 Å². The molecule has 2 rings (SSSR count). The summed E-state index contributed by atoms with van der Waals surface area (Å²) in [5, 5.41) is 0. The fourth-order valence-electron chi connectivity index (χ4n) is 1.70. The standard InChI is InChI=1S/C17H15FO3/c1-2-20-17(19)10-9-13-5-3-7-15(11-13)21-16-8-4-6-14(18)12-16/h3-12H,2H2,1H3/b10-9+. The van der Waals surface area contributed by atoms with Crippen molar-refractivity contribution in [2.45, 2.75) is 6.92 Å². The lowest BCUT2D eigenvalue weighted by atomic mass is 10.2. The van der Waals surface area contributed by atoms with Crippen molar-refractivity contribution in [3.05, 3.63) is 66.0 Å². The van der Waals surface area contributed by atoms with E-state index in [2.05, 4.69) is 0 Å². The van der Waals surface area contributed by atoms with Gasteiger partial charge in [-0.3, -0.25) is 0 Å². The van der Waals surface area contributed by atoms with Crippen LogP contribution in [0.4, 0.5) is 4.39 Å². The lowest BCUT2D eigenvalue weighted by molar-refractivity contribution is -0.137. The van der Waals surface area contributed by atoms with Gasteiger partial charge in [-0.2, -0.15) is 0 Å². The Labute approximate surface area is 122 Å². The number of carbonyl (C=O) groups excluding carboxylic acids is 1. The van der Waals surface area contributed by atoms with Crippen LogP contribution in [0.25, 0.3) is 6.08 Å². The van der Waals surface area contributed by atoms with Crippen LogP contribution in [0.2, 0.25) is 0 Å². The third kappa shape index (κ3) is 4.76. The van der Waals surface area contributed by atoms with Gasteiger partial charge in [0.2, 0.25) is 0 Å². The first kappa shape index (κ1) is 14.8. The number of benzene rings is 2. The van der Waals surface area contributed by atoms with E-state index in [1.54, 1.807) is 43.3 Å². The second-order valence-electron chi connectivity index (χ2n) is 4.22. The summed E-state index contributed by atoms with van der Waals surface area (Å²) < 4.78 is 23.5. The number of halogens is 1. The molecule has 0 amide bonds. The average Bonchev–Trinajstić information content (AvgIpc) is 2.46. The van der Waals surface area contributed by atoms with Gasteiger partial charge in [-0.15, -0.1) is 0 Å². The van der Waals surface area contributed by atoms with E-state index in [1.807, 2.05) is 6.07 Å². The number of hydrogen-bond donors (Lipinski definition) is 0. The molecule has 4 heteroatoms. The third-order valence-electron chi connectivity index (χ3n) is 2.59. The van der Waals surface area contributed by atoms with E-state index in [0.29, 0.717) is 18.1 Å². The molecule has 0 unspecified atom stereocenters. The Bertz CT molecular complexity index is 650. The maximum Gasteiger partial charge on any atom is 0.330 e. The monoisotopic (exact) mass is 286 g/mol. The number of carbonyl (C=O) groups is 1. The minimum Gasteiger partial charge on any atom is -0.463 e. The molecular formula is C17H15FO3. The van der Waals surface area contributed by atoms with E-state index < -0.39 is 5.97 Å². The Balaban J connectivity index is 2.09. The van der Waals surface area contributed by atoms with Crippen LogP contribution in [-0.2, 0) is 9.53 Å². The largest absolute Gasteiger partial charge is 0.463 e. The second kappa shape index (κ2) is 7.24. The molecular weight excluding hydrogens is 271 g/mol. The van der Waals surface area contributed by atoms with Crippen LogP contribution in [-0.4, -0.2) is 12.6 Å². The number of rotatable bonds is 5. The molecule has 0 N–H and O–H groups in total. The Hall–Kier alpha value is -2.62. The van der Waals surface area contributed by atoms with Crippen molar-refractivity contribution in [3.63, 3.8) is 0 Å². The molecule has 0 saturated heterocycles. The van der Waals surface area contributed by atoms with E-state index in [0.717, 1.165) is 5.56 Å². The Morgan fingerprint density at radius 1 is 1.14 bits per heavy atom. The summed E-state index contributed by atoms with van der Waals surface area (Å²) in [6, 6.07) is 13.0. The van der Waals surface area contributed by atoms with Crippen molar-refractivity contribution in [1.82, 2.24) is 0 Å². The summed E-state index contributed by atoms with van der Waals surface area (Å²) in [6.45, 7) is 2.09. The van der Waals surface area contributed by atoms with Crippen molar-refractivity contribution in [3.8, 4) is 11.5 Å². The van der Waals surface area contributed by atoms with Gasteiger partial charge in [0.25, 0.3) is 0 Å². The molecule has 21 heavy (non-hydrogen) atoms. The van der Waals surface area contributed by atoms with E-state index in [1.165, 1.54) is 18.2 Å². The molecule has 0 bridgehead atoms. The summed E-state index contributed by atoms with van der Waals surface area (Å²) in [5.41, 5.74) is 0.789. The molecule has 0 saturated carbocycles. The first-order chi connectivity index (χ1) is 10.2. The molecule has 3 nitrogen and oxygen atoms in total. The van der Waals surface area contributed by atoms with Gasteiger partial charge in [0.1, 0.15) is 17.3 Å². The van der Waals surface area contributed by atoms with Gasteiger partial charge in [0.15, 0.2) is 0 Å². The molecule has 0 heterocycles. The molecule has 2 aromatic carbocycles. The van der Waals surface area contributed by atoms with Crippen molar-refractivity contribution in [2.75, 3.05) is 6.61 Å². The van der Waals surface area contributed by atoms with Gasteiger partial charge in [-0.05, 0) is 42.8 Å². The molecule has 0 fully saturated rings. The van der Waals surface area contributed by atoms with Crippen molar-refractivity contribution < 1.29 is 18.7 Å². The highest BCUT2D eigenvalue weighted by molar-refractivity contribution is 5.87. The van der Waals surface area contributed by atoms with Gasteiger partial charge in [-0.1, -0.05) is 18.2 Å². The molecule has 0 aliphatic heterocycles. The van der Waals surface area contributed by atoms with Gasteiger partial charge in [0, 0.05) is 12.1 Å². The molecule has 0 aliphatic carbocycles. The SMILES string of the molecule is CCOC(=O)/C=C/c1cccc(Oc2cccc(F)c2)c1. The summed E-state index contributed by atoms with van der Waals surface area (Å²) >= 11 is 0. The zero-order chi connectivity index (χ0) is 15.1. The van der Waals surface area contributed by atoms with Crippen LogP contribution < -0.4 is 4.74 Å². The van der Waals surface area contributed by atoms with Gasteiger partial charge in [0.05, 0.1) is 6.61 Å². The maximum absolute atomic E-state index is 13.1. The summed E-state index contributed by atoms with van der Waals surface area (Å²) in [7, 11) is 0. The topological polar surface area (TPSA) is 35.5 Å². The number of hydrogen-bond acceptors (Lipinski definition) is 3. The zero-order valence-corrected chi connectivity index (χ0v) is 11.6. The molecule has 0 aliphatic rings. The quantitative estimate of drug-likeness (QED) is 0.610. The zero-order valence-electron chi connectivity index (χ0n) is 11.6. The Morgan fingerprint density at radius 2 is 1.86 bits per heavy atom. The lowest BCUT2D eigenvalue weighted by Gasteiger charge is -2.06. The summed E-state index contributed by atoms with van der Waals surface area (Å²) in [6.07, 6.45) is 2.99. The lowest BCUT2D eigenvalue weighted by Crippen LogP contribution is -1.98. The van der Waals surface area contributed by atoms with Crippen LogP contribution >= 0.6 is 0 Å². The van der Waals surface area contributed by atoms with Gasteiger partial charge in [-0.25, -0.2) is 9.18 Å². The normalized spacial score (nSPS) is 10.6. The molecule has 0 aromatic heterocycles. The molecule has 0 spiro atoms. The van der Waals surface area contributed by atoms with Crippen LogP contribution in [0.5, 0.6) is 11.5 Å². The smallest absolute Gasteiger partial charge is 0.330 e. The molecule has 0 atom stereocenters. The summed E-state index contributed by atoms with van der Waals surface area (Å²) in [4.78, 5) is 11.2.